The Morgan fingerprint density at radius 3 is 2.41 bits per heavy atom. The minimum absolute atomic E-state index is 0. The fourth-order valence-electron chi connectivity index (χ4n) is 8.04. The standard InChI is InChI=1S/C43H48N4O6.Mg/c1-9-12-13-22(4)16-17-53-36(49)15-14-28-24(6)31-18-30-23(5)26(10-2)33(44-30)20-35-29(21-48)27(11-3)34(45-35)19-32-25(7)37-41(47-32)38(40(28)46-31)39(42(37)50)43(51)52-8;/h10,16,18-21,24,28,39-40H,2,9,11-15,17H2,1,3-8H3,(H,48,50);/q-4;+2/b22-16+,31-18+,35-20-;/t24-,28-,39+,40?;/m0./s1. The van der Waals surface area contributed by atoms with Gasteiger partial charge in [0.2, 0.25) is 0 Å². The quantitative estimate of drug-likeness (QED) is 0.134. The second-order valence-corrected chi connectivity index (χ2v) is 14.3. The van der Waals surface area contributed by atoms with Crippen LogP contribution in [-0.2, 0) is 25.5 Å². The van der Waals surface area contributed by atoms with Gasteiger partial charge in [-0.2, -0.15) is 5.70 Å². The Hall–Kier alpha value is -4.48. The van der Waals surface area contributed by atoms with Crippen molar-refractivity contribution in [2.45, 2.75) is 86.1 Å². The number of aromatic nitrogens is 3. The van der Waals surface area contributed by atoms with Crippen LogP contribution in [0.5, 0.6) is 0 Å². The molecule has 3 aliphatic rings. The van der Waals surface area contributed by atoms with Crippen molar-refractivity contribution in [1.82, 2.24) is 15.0 Å². The van der Waals surface area contributed by atoms with Crippen LogP contribution in [0.25, 0.3) is 41.5 Å². The summed E-state index contributed by atoms with van der Waals surface area (Å²) in [5.41, 5.74) is 7.92. The molecule has 0 aromatic carbocycles. The smallest absolute Gasteiger partial charge is 0.681 e. The third-order valence-electron chi connectivity index (χ3n) is 11.1. The molecule has 1 N–H and O–H groups in total. The molecule has 3 aromatic heterocycles. The van der Waals surface area contributed by atoms with Gasteiger partial charge in [-0.15, -0.1) is 33.1 Å². The Bertz CT molecular complexity index is 2300. The van der Waals surface area contributed by atoms with Crippen molar-refractivity contribution < 1.29 is 29.0 Å². The topological polar surface area (TPSA) is 146 Å². The zero-order valence-corrected chi connectivity index (χ0v) is 33.8. The van der Waals surface area contributed by atoms with E-state index in [9.17, 15) is 19.5 Å². The summed E-state index contributed by atoms with van der Waals surface area (Å²) in [7, 11) is 1.27. The Morgan fingerprint density at radius 1 is 1.00 bits per heavy atom. The van der Waals surface area contributed by atoms with Crippen molar-refractivity contribution >= 4 is 76.9 Å². The maximum atomic E-state index is 14.2. The molecule has 10 nitrogen and oxygen atoms in total. The van der Waals surface area contributed by atoms with E-state index in [2.05, 4.69) is 20.4 Å². The first-order valence-electron chi connectivity index (χ1n) is 18.5. The van der Waals surface area contributed by atoms with Crippen molar-refractivity contribution in [3.05, 3.63) is 95.4 Å². The Labute approximate surface area is 332 Å². The van der Waals surface area contributed by atoms with Crippen LogP contribution in [0.3, 0.4) is 0 Å². The molecule has 0 spiro atoms. The third kappa shape index (κ3) is 7.32. The van der Waals surface area contributed by atoms with Crippen molar-refractivity contribution in [2.24, 2.45) is 17.8 Å². The zero-order valence-electron chi connectivity index (χ0n) is 32.4. The molecule has 8 bridgehead atoms. The van der Waals surface area contributed by atoms with Crippen LogP contribution < -0.4 is 36.2 Å². The number of ketones is 1. The number of aliphatic hydroxyl groups is 1. The molecule has 1 aliphatic carbocycles. The normalized spacial score (nSPS) is 22.7. The number of carbonyl (C=O) groups is 3. The average Bonchev–Trinajstić information content (AvgIpc) is 3.89. The summed E-state index contributed by atoms with van der Waals surface area (Å²) in [5, 5.41) is 17.7. The fraction of sp³-hybridized carbons (Fsp3) is 0.419. The van der Waals surface area contributed by atoms with Gasteiger partial charge in [0.25, 0.3) is 0 Å². The van der Waals surface area contributed by atoms with Gasteiger partial charge in [0.1, 0.15) is 12.5 Å². The van der Waals surface area contributed by atoms with E-state index in [-0.39, 0.29) is 59.7 Å². The molecule has 2 aliphatic heterocycles. The SMILES string of the molecule is C=Cc1c2[n-]c(c1C)/C=C1/[N-]C(C3=c4[n-]/c(c(C)c4C(=O)[C@@H]3C(=O)OC)=C\c3[n-]c(/c(=C\O)c3CC)=C\2)[C@@H](CCC(=O)OC/C=C(\C)CCCC)[C@@H]1C.[Mg+2]. The molecule has 1 fully saturated rings. The monoisotopic (exact) mass is 740 g/mol. The van der Waals surface area contributed by atoms with E-state index in [1.807, 2.05) is 52.0 Å². The van der Waals surface area contributed by atoms with Gasteiger partial charge in [-0.25, -0.2) is 0 Å². The Balaban J connectivity index is 0.00000561. The van der Waals surface area contributed by atoms with Gasteiger partial charge in [-0.05, 0) is 75.1 Å². The van der Waals surface area contributed by atoms with Crippen LogP contribution in [0.4, 0.5) is 0 Å². The fourth-order valence-corrected chi connectivity index (χ4v) is 8.04. The molecule has 4 atom stereocenters. The maximum absolute atomic E-state index is 14.2. The van der Waals surface area contributed by atoms with Crippen molar-refractivity contribution in [3.8, 4) is 0 Å². The van der Waals surface area contributed by atoms with Gasteiger partial charge < -0.3 is 34.8 Å². The summed E-state index contributed by atoms with van der Waals surface area (Å²) in [6.07, 6.45) is 14.7. The first kappa shape index (κ1) is 40.7. The number of carbonyl (C=O) groups excluding carboxylic acids is 3. The van der Waals surface area contributed by atoms with Crippen molar-refractivity contribution in [1.29, 1.82) is 0 Å². The molecule has 0 amide bonds. The largest absolute Gasteiger partial charge is 2.00 e. The van der Waals surface area contributed by atoms with Crippen molar-refractivity contribution in [2.75, 3.05) is 13.7 Å². The van der Waals surface area contributed by atoms with Gasteiger partial charge in [0.15, 0.2) is 5.78 Å². The molecule has 6 rings (SSSR count). The van der Waals surface area contributed by atoms with E-state index >= 15 is 0 Å². The number of aliphatic hydroxyl groups excluding tert-OH is 1. The van der Waals surface area contributed by atoms with Crippen LogP contribution >= 0.6 is 0 Å². The number of esters is 2. The zero-order chi connectivity index (χ0) is 38.1. The first-order chi connectivity index (χ1) is 25.5. The van der Waals surface area contributed by atoms with Gasteiger partial charge >= 0.3 is 35.0 Å². The maximum Gasteiger partial charge on any atom is 2.00 e. The summed E-state index contributed by atoms with van der Waals surface area (Å²) in [6.45, 7) is 16.3. The average molecular weight is 741 g/mol. The molecule has 11 heteroatoms. The number of methoxy groups -OCH3 is 1. The Morgan fingerprint density at radius 2 is 1.74 bits per heavy atom. The third-order valence-corrected chi connectivity index (χ3v) is 11.1. The number of allylic oxidation sites excluding steroid dienone is 2. The van der Waals surface area contributed by atoms with E-state index in [4.69, 9.17) is 29.7 Å². The summed E-state index contributed by atoms with van der Waals surface area (Å²) < 4.78 is 10.8. The molecule has 1 unspecified atom stereocenters. The van der Waals surface area contributed by atoms with Crippen LogP contribution in [0.2, 0.25) is 0 Å². The van der Waals surface area contributed by atoms with E-state index in [1.165, 1.54) is 12.7 Å². The molecule has 280 valence electrons. The van der Waals surface area contributed by atoms with Crippen LogP contribution in [0, 0.1) is 31.6 Å². The van der Waals surface area contributed by atoms with Gasteiger partial charge in [-0.1, -0.05) is 92.0 Å². The summed E-state index contributed by atoms with van der Waals surface area (Å²) >= 11 is 0. The number of fused-ring (bicyclic) bond motifs is 8. The molecular formula is C43H48MgN4O6-2. The molecular weight excluding hydrogens is 693 g/mol. The number of hydrogen-bond acceptors (Lipinski definition) is 6. The van der Waals surface area contributed by atoms with Gasteiger partial charge in [-0.3, -0.25) is 14.4 Å². The minimum Gasteiger partial charge on any atom is -0.681 e. The number of rotatable bonds is 11. The number of nitrogens with zero attached hydrogens (tertiary/aromatic N) is 4. The second-order valence-electron chi connectivity index (χ2n) is 14.3. The minimum atomic E-state index is -1.21. The molecule has 0 radical (unpaired) electrons. The van der Waals surface area contributed by atoms with Crippen molar-refractivity contribution in [3.63, 3.8) is 0 Å². The number of hydrogen-bond donors (Lipinski definition) is 1. The van der Waals surface area contributed by atoms with E-state index in [0.717, 1.165) is 47.9 Å². The number of ether oxygens (including phenoxy) is 2. The summed E-state index contributed by atoms with van der Waals surface area (Å²) in [6, 6.07) is -0.643. The Kier molecular flexibility index (Phi) is 12.7. The van der Waals surface area contributed by atoms with Crippen LogP contribution in [0.15, 0.2) is 23.9 Å². The second kappa shape index (κ2) is 16.9. The number of unbranched alkanes of at least 4 members (excludes halogenated alkanes) is 1. The summed E-state index contributed by atoms with van der Waals surface area (Å²) in [5.74, 6) is -3.02. The van der Waals surface area contributed by atoms with E-state index in [1.54, 1.807) is 6.08 Å². The van der Waals surface area contributed by atoms with Crippen LogP contribution in [-0.4, -0.2) is 65.6 Å². The summed E-state index contributed by atoms with van der Waals surface area (Å²) in [4.78, 5) is 55.7. The molecule has 0 saturated carbocycles. The predicted molar refractivity (Wildman–Crippen MR) is 211 cm³/mol. The predicted octanol–water partition coefficient (Wildman–Crippen LogP) is 3.91. The molecule has 54 heavy (non-hydrogen) atoms. The first-order valence-corrected chi connectivity index (χ1v) is 18.5. The van der Waals surface area contributed by atoms with E-state index < -0.39 is 17.9 Å². The molecule has 1 saturated heterocycles. The van der Waals surface area contributed by atoms with Gasteiger partial charge in [0, 0.05) is 12.0 Å². The molecule has 5 heterocycles. The molecule has 3 aromatic rings. The van der Waals surface area contributed by atoms with E-state index in [0.29, 0.717) is 67.9 Å². The van der Waals surface area contributed by atoms with Crippen LogP contribution in [0.1, 0.15) is 109 Å². The van der Waals surface area contributed by atoms with Gasteiger partial charge in [0.05, 0.1) is 13.4 Å². The number of Topliss-reactive ketones (excluding diaryl/α,β-unsaturated/α-hetero) is 1.